The fraction of sp³-hybridized carbons (Fsp3) is 0.333. The average molecular weight is 285 g/mol. The molecule has 0 aliphatic carbocycles. The first-order valence-corrected chi connectivity index (χ1v) is 6.22. The summed E-state index contributed by atoms with van der Waals surface area (Å²) in [6, 6.07) is 1.84. The summed E-state index contributed by atoms with van der Waals surface area (Å²) in [5.41, 5.74) is -0.201. The number of halogens is 2. The second-order valence-electron chi connectivity index (χ2n) is 4.16. The molecule has 1 heterocycles. The Morgan fingerprint density at radius 3 is 2.74 bits per heavy atom. The Bertz CT molecular complexity index is 723. The molecule has 1 aromatic carbocycles. The van der Waals surface area contributed by atoms with Crippen LogP contribution in [0.3, 0.4) is 0 Å². The van der Waals surface area contributed by atoms with Gasteiger partial charge in [0.1, 0.15) is 0 Å². The van der Waals surface area contributed by atoms with Gasteiger partial charge in [0.2, 0.25) is 0 Å². The molecule has 0 radical (unpaired) electrons. The van der Waals surface area contributed by atoms with Gasteiger partial charge in [-0.05, 0) is 38.3 Å². The van der Waals surface area contributed by atoms with Crippen LogP contribution in [0.25, 0.3) is 10.9 Å². The van der Waals surface area contributed by atoms with Gasteiger partial charge in [-0.2, -0.15) is 0 Å². The van der Waals surface area contributed by atoms with E-state index in [0.29, 0.717) is 13.0 Å². The molecule has 2 rings (SSSR count). The molecule has 4 nitrogen and oxygen atoms in total. The van der Waals surface area contributed by atoms with Crippen molar-refractivity contribution in [3.8, 4) is 0 Å². The smallest absolute Gasteiger partial charge is 0.262 e. The lowest BCUT2D eigenvalue weighted by Crippen LogP contribution is -2.24. The summed E-state index contributed by atoms with van der Waals surface area (Å²) in [7, 11) is 1.81. The Labute approximate surface area is 113 Å². The minimum Gasteiger partial charge on any atom is -0.331 e. The van der Waals surface area contributed by atoms with Crippen LogP contribution in [0.5, 0.6) is 0 Å². The van der Waals surface area contributed by atoms with Gasteiger partial charge in [0.05, 0.1) is 10.9 Å². The third-order valence-corrected chi connectivity index (χ3v) is 3.15. The molecule has 7 heteroatoms. The minimum atomic E-state index is -1.04. The first-order valence-electron chi connectivity index (χ1n) is 5.81. The van der Waals surface area contributed by atoms with E-state index in [1.165, 1.54) is 4.57 Å². The van der Waals surface area contributed by atoms with Crippen molar-refractivity contribution in [1.82, 2.24) is 14.9 Å². The van der Waals surface area contributed by atoms with E-state index in [1.54, 1.807) is 0 Å². The summed E-state index contributed by atoms with van der Waals surface area (Å²) in [4.78, 5) is 14.9. The van der Waals surface area contributed by atoms with Gasteiger partial charge in [-0.25, -0.2) is 8.78 Å². The largest absolute Gasteiger partial charge is 0.331 e. The molecular weight excluding hydrogens is 272 g/mol. The van der Waals surface area contributed by atoms with Crippen LogP contribution in [-0.4, -0.2) is 23.1 Å². The van der Waals surface area contributed by atoms with E-state index in [4.69, 9.17) is 12.2 Å². The maximum absolute atomic E-state index is 13.2. The van der Waals surface area contributed by atoms with E-state index in [-0.39, 0.29) is 15.7 Å². The predicted molar refractivity (Wildman–Crippen MR) is 71.9 cm³/mol. The molecule has 0 spiro atoms. The zero-order chi connectivity index (χ0) is 14.0. The normalized spacial score (nSPS) is 11.1. The number of fused-ring (bicyclic) bond motifs is 1. The molecular formula is C12H13F2N3OS. The van der Waals surface area contributed by atoms with Crippen molar-refractivity contribution < 1.29 is 8.78 Å². The molecule has 0 atom stereocenters. The second kappa shape index (κ2) is 5.58. The second-order valence-corrected chi connectivity index (χ2v) is 4.54. The highest BCUT2D eigenvalue weighted by molar-refractivity contribution is 7.71. The highest BCUT2D eigenvalue weighted by Crippen LogP contribution is 2.13. The fourth-order valence-corrected chi connectivity index (χ4v) is 2.15. The number of rotatable bonds is 4. The molecule has 0 fully saturated rings. The molecule has 0 aliphatic heterocycles. The van der Waals surface area contributed by atoms with Crippen molar-refractivity contribution in [3.63, 3.8) is 0 Å². The SMILES string of the molecule is CNCCCn1c(=S)[nH]c2cc(F)c(F)cc2c1=O. The van der Waals surface area contributed by atoms with Crippen molar-refractivity contribution >= 4 is 23.1 Å². The summed E-state index contributed by atoms with van der Waals surface area (Å²) in [5, 5.41) is 3.06. The van der Waals surface area contributed by atoms with Crippen LogP contribution in [0.2, 0.25) is 0 Å². The third-order valence-electron chi connectivity index (χ3n) is 2.83. The lowest BCUT2D eigenvalue weighted by atomic mass is 10.2. The summed E-state index contributed by atoms with van der Waals surface area (Å²) in [6.07, 6.45) is 0.711. The molecule has 0 aliphatic rings. The van der Waals surface area contributed by atoms with Gasteiger partial charge in [-0.15, -0.1) is 0 Å². The Morgan fingerprint density at radius 2 is 2.05 bits per heavy atom. The van der Waals surface area contributed by atoms with E-state index in [0.717, 1.165) is 18.7 Å². The van der Waals surface area contributed by atoms with Gasteiger partial charge in [-0.3, -0.25) is 9.36 Å². The third kappa shape index (κ3) is 2.71. The first-order chi connectivity index (χ1) is 9.04. The molecule has 1 aromatic heterocycles. The lowest BCUT2D eigenvalue weighted by molar-refractivity contribution is 0.510. The van der Waals surface area contributed by atoms with Crippen molar-refractivity contribution in [2.24, 2.45) is 0 Å². The van der Waals surface area contributed by atoms with Crippen LogP contribution in [0.1, 0.15) is 6.42 Å². The van der Waals surface area contributed by atoms with Crippen molar-refractivity contribution in [2.75, 3.05) is 13.6 Å². The summed E-state index contributed by atoms with van der Waals surface area (Å²) < 4.78 is 27.9. The zero-order valence-corrected chi connectivity index (χ0v) is 11.1. The van der Waals surface area contributed by atoms with Crippen LogP contribution < -0.4 is 10.9 Å². The number of nitrogens with one attached hydrogen (secondary N) is 2. The molecule has 2 N–H and O–H groups in total. The monoisotopic (exact) mass is 285 g/mol. The molecule has 19 heavy (non-hydrogen) atoms. The quantitative estimate of drug-likeness (QED) is 0.667. The van der Waals surface area contributed by atoms with Gasteiger partial charge in [0.15, 0.2) is 16.4 Å². The van der Waals surface area contributed by atoms with Crippen LogP contribution in [0, 0.1) is 16.4 Å². The number of hydrogen-bond acceptors (Lipinski definition) is 3. The van der Waals surface area contributed by atoms with Crippen LogP contribution in [0.15, 0.2) is 16.9 Å². The van der Waals surface area contributed by atoms with E-state index in [2.05, 4.69) is 10.3 Å². The Kier molecular flexibility index (Phi) is 4.06. The first kappa shape index (κ1) is 13.8. The zero-order valence-electron chi connectivity index (χ0n) is 10.3. The summed E-state index contributed by atoms with van der Waals surface area (Å²) >= 11 is 5.06. The summed E-state index contributed by atoms with van der Waals surface area (Å²) in [6.45, 7) is 1.15. The standard InChI is InChI=1S/C12H13F2N3OS/c1-15-3-2-4-17-11(18)7-5-8(13)9(14)6-10(7)16-12(17)19/h5-6,15H,2-4H2,1H3,(H,16,19). The van der Waals surface area contributed by atoms with Crippen LogP contribution in [0.4, 0.5) is 8.78 Å². The highest BCUT2D eigenvalue weighted by atomic mass is 32.1. The van der Waals surface area contributed by atoms with Gasteiger partial charge < -0.3 is 10.3 Å². The van der Waals surface area contributed by atoms with Gasteiger partial charge in [0.25, 0.3) is 5.56 Å². The number of aromatic amines is 1. The Morgan fingerprint density at radius 1 is 1.37 bits per heavy atom. The fourth-order valence-electron chi connectivity index (χ4n) is 1.86. The molecule has 0 unspecified atom stereocenters. The average Bonchev–Trinajstić information content (AvgIpc) is 2.36. The number of aromatic nitrogens is 2. The van der Waals surface area contributed by atoms with E-state index in [1.807, 2.05) is 7.05 Å². The lowest BCUT2D eigenvalue weighted by Gasteiger charge is -2.08. The minimum absolute atomic E-state index is 0.0944. The van der Waals surface area contributed by atoms with Crippen molar-refractivity contribution in [1.29, 1.82) is 0 Å². The number of nitrogens with zero attached hydrogens (tertiary/aromatic N) is 1. The molecule has 0 saturated carbocycles. The predicted octanol–water partition coefficient (Wildman–Crippen LogP) is 1.95. The molecule has 0 bridgehead atoms. The Balaban J connectivity index is 2.58. The van der Waals surface area contributed by atoms with Crippen molar-refractivity contribution in [3.05, 3.63) is 38.9 Å². The molecule has 0 saturated heterocycles. The van der Waals surface area contributed by atoms with Crippen LogP contribution in [-0.2, 0) is 6.54 Å². The molecule has 102 valence electrons. The number of hydrogen-bond donors (Lipinski definition) is 2. The van der Waals surface area contributed by atoms with Crippen LogP contribution >= 0.6 is 12.2 Å². The topological polar surface area (TPSA) is 49.8 Å². The maximum atomic E-state index is 13.2. The molecule has 0 amide bonds. The molecule has 2 aromatic rings. The maximum Gasteiger partial charge on any atom is 0.262 e. The van der Waals surface area contributed by atoms with Gasteiger partial charge >= 0.3 is 0 Å². The van der Waals surface area contributed by atoms with E-state index < -0.39 is 17.2 Å². The van der Waals surface area contributed by atoms with E-state index >= 15 is 0 Å². The van der Waals surface area contributed by atoms with E-state index in [9.17, 15) is 13.6 Å². The van der Waals surface area contributed by atoms with Gasteiger partial charge in [0, 0.05) is 12.6 Å². The van der Waals surface area contributed by atoms with Gasteiger partial charge in [-0.1, -0.05) is 0 Å². The number of benzene rings is 1. The number of H-pyrrole nitrogens is 1. The summed E-state index contributed by atoms with van der Waals surface area (Å²) in [5.74, 6) is -2.05. The Hall–Kier alpha value is -1.60. The highest BCUT2D eigenvalue weighted by Gasteiger charge is 2.10. The van der Waals surface area contributed by atoms with Crippen molar-refractivity contribution in [2.45, 2.75) is 13.0 Å².